The van der Waals surface area contributed by atoms with E-state index in [9.17, 15) is 0 Å². The van der Waals surface area contributed by atoms with E-state index in [4.69, 9.17) is 0 Å². The van der Waals surface area contributed by atoms with E-state index in [0.717, 1.165) is 65.8 Å². The second-order valence-electron chi connectivity index (χ2n) is 19.2. The largest absolute Gasteiger partial charge is 3.00 e. The Labute approximate surface area is 556 Å². The number of rotatable bonds is 3. The third kappa shape index (κ3) is 15.5. The van der Waals surface area contributed by atoms with Gasteiger partial charge in [0, 0.05) is 77.4 Å². The molecule has 2 radical (unpaired) electrons. The van der Waals surface area contributed by atoms with Crippen molar-refractivity contribution in [2.24, 2.45) is 0 Å². The molecule has 10 aromatic carbocycles. The Bertz CT molecular complexity index is 4510. The quantitative estimate of drug-likeness (QED) is 0.130. The van der Waals surface area contributed by atoms with Crippen LogP contribution in [-0.4, -0.2) is 29.9 Å². The molecule has 0 bridgehead atoms. The van der Waals surface area contributed by atoms with E-state index in [1.165, 1.54) is 53.9 Å². The smallest absolute Gasteiger partial charge is 0.318 e. The van der Waals surface area contributed by atoms with Crippen molar-refractivity contribution < 1.29 is 60.3 Å². The normalized spacial score (nSPS) is 10.2. The van der Waals surface area contributed by atoms with E-state index in [1.807, 2.05) is 200 Å². The van der Waals surface area contributed by atoms with Gasteiger partial charge in [0.25, 0.3) is 0 Å². The van der Waals surface area contributed by atoms with Crippen molar-refractivity contribution in [3.63, 3.8) is 0 Å². The molecule has 0 spiro atoms. The van der Waals surface area contributed by atoms with Crippen LogP contribution in [-0.2, 0) is 60.3 Å². The fourth-order valence-corrected chi connectivity index (χ4v) is 10.5. The Morgan fingerprint density at radius 3 is 1.11 bits per heavy atom. The molecule has 7 aromatic heterocycles. The first-order valence-electron chi connectivity index (χ1n) is 27.6. The minimum Gasteiger partial charge on any atom is -0.318 e. The fraction of sp³-hybridized carbons (Fsp3) is 0. The molecular formula is C78H50Ir3N6S-3. The van der Waals surface area contributed by atoms with E-state index in [0.29, 0.717) is 0 Å². The number of thiophene rings is 1. The van der Waals surface area contributed by atoms with Crippen LogP contribution in [0, 0.1) is 36.4 Å². The molecule has 0 aliphatic carbocycles. The van der Waals surface area contributed by atoms with Crippen molar-refractivity contribution in [1.82, 2.24) is 29.9 Å². The first-order chi connectivity index (χ1) is 42.2. The molecular weight excluding hydrogens is 1630 g/mol. The van der Waals surface area contributed by atoms with E-state index in [2.05, 4.69) is 163 Å². The Hall–Kier alpha value is -9.17. The molecule has 0 fully saturated rings. The summed E-state index contributed by atoms with van der Waals surface area (Å²) in [6.45, 7) is 0. The molecule has 17 rings (SSSR count). The molecule has 0 amide bonds. The Morgan fingerprint density at radius 2 is 0.659 bits per heavy atom. The third-order valence-corrected chi connectivity index (χ3v) is 14.7. The summed E-state index contributed by atoms with van der Waals surface area (Å²) in [5, 5.41) is 17.2. The fourth-order valence-electron chi connectivity index (χ4n) is 9.82. The Kier molecular flexibility index (Phi) is 23.0. The summed E-state index contributed by atoms with van der Waals surface area (Å²) in [6, 6.07) is 106. The van der Waals surface area contributed by atoms with Gasteiger partial charge in [0.1, 0.15) is 0 Å². The summed E-state index contributed by atoms with van der Waals surface area (Å²) < 4.78 is 0. The van der Waals surface area contributed by atoms with E-state index in [-0.39, 0.29) is 60.3 Å². The predicted octanol–water partition coefficient (Wildman–Crippen LogP) is 19.6. The number of hydrogen-bond acceptors (Lipinski definition) is 7. The third-order valence-electron chi connectivity index (χ3n) is 13.9. The summed E-state index contributed by atoms with van der Waals surface area (Å²) in [4.78, 5) is 27.3. The van der Waals surface area contributed by atoms with Crippen LogP contribution in [0.2, 0.25) is 0 Å². The molecule has 17 aromatic rings. The van der Waals surface area contributed by atoms with Gasteiger partial charge in [-0.2, -0.15) is 12.1 Å². The summed E-state index contributed by atoms with van der Waals surface area (Å²) in [5.41, 5.74) is 8.18. The molecule has 0 saturated carbocycles. The van der Waals surface area contributed by atoms with Crippen LogP contribution < -0.4 is 0 Å². The second-order valence-corrected chi connectivity index (χ2v) is 20.2. The molecule has 428 valence electrons. The first-order valence-corrected chi connectivity index (χ1v) is 28.5. The summed E-state index contributed by atoms with van der Waals surface area (Å²) in [7, 11) is 0. The van der Waals surface area contributed by atoms with Crippen molar-refractivity contribution in [1.29, 1.82) is 0 Å². The van der Waals surface area contributed by atoms with Crippen LogP contribution in [0.25, 0.3) is 120 Å². The van der Waals surface area contributed by atoms with Gasteiger partial charge < -0.3 is 29.9 Å². The second kappa shape index (κ2) is 32.0. The molecule has 7 heterocycles. The summed E-state index contributed by atoms with van der Waals surface area (Å²) in [5.74, 6) is 0. The van der Waals surface area contributed by atoms with Crippen molar-refractivity contribution in [3.8, 4) is 33.1 Å². The number of aromatic nitrogens is 6. The number of benzene rings is 10. The Morgan fingerprint density at radius 1 is 0.261 bits per heavy atom. The molecule has 88 heavy (non-hydrogen) atoms. The van der Waals surface area contributed by atoms with Crippen LogP contribution in [0.1, 0.15) is 0 Å². The molecule has 0 aliphatic rings. The number of hydrogen-bond donors (Lipinski definition) is 0. The van der Waals surface area contributed by atoms with Crippen LogP contribution >= 0.6 is 11.3 Å². The van der Waals surface area contributed by atoms with Crippen molar-refractivity contribution in [2.75, 3.05) is 0 Å². The van der Waals surface area contributed by atoms with Gasteiger partial charge in [0.2, 0.25) is 0 Å². The average molecular weight is 1680 g/mol. The van der Waals surface area contributed by atoms with Crippen LogP contribution in [0.3, 0.4) is 0 Å². The summed E-state index contributed by atoms with van der Waals surface area (Å²) in [6.07, 6.45) is 11.0. The van der Waals surface area contributed by atoms with Gasteiger partial charge in [-0.3, -0.25) is 0 Å². The average Bonchev–Trinajstić information content (AvgIpc) is 4.04. The molecule has 0 saturated heterocycles. The zero-order valence-electron chi connectivity index (χ0n) is 47.0. The van der Waals surface area contributed by atoms with Crippen LogP contribution in [0.4, 0.5) is 0 Å². The molecule has 0 unspecified atom stereocenters. The SMILES string of the molecule is [Ir+3].[Ir].[Ir].[c-]1cccc2ccc3cccnc3c12.[c-]1cccc2ccc3cccnc3c12.[c-]1cccc2ccc3cccnc3c12.[c-]1ccccc1-c1ccccn1.[c-]1ccccc1-c1nccc2ccccc12.[c-]1ccsc1-c1nccc2ccccc12. The van der Waals surface area contributed by atoms with Gasteiger partial charge in [-0.1, -0.05) is 120 Å². The maximum Gasteiger partial charge on any atom is 3.00 e. The first kappa shape index (κ1) is 63.3. The predicted molar refractivity (Wildman–Crippen MR) is 353 cm³/mol. The molecule has 0 atom stereocenters. The number of pyridine rings is 6. The maximum absolute atomic E-state index is 4.45. The van der Waals surface area contributed by atoms with Gasteiger partial charge in [-0.25, -0.2) is 11.3 Å². The van der Waals surface area contributed by atoms with Gasteiger partial charge in [-0.05, 0) is 108 Å². The van der Waals surface area contributed by atoms with Crippen molar-refractivity contribution >= 4 is 97.9 Å². The molecule has 6 nitrogen and oxygen atoms in total. The number of fused-ring (bicyclic) bond motifs is 11. The van der Waals surface area contributed by atoms with Gasteiger partial charge in [0.05, 0.1) is 0 Å². The van der Waals surface area contributed by atoms with Gasteiger partial charge in [0.15, 0.2) is 0 Å². The monoisotopic (exact) mass is 1680 g/mol. The molecule has 10 heteroatoms. The van der Waals surface area contributed by atoms with E-state index < -0.39 is 0 Å². The zero-order valence-corrected chi connectivity index (χ0v) is 55.0. The summed E-state index contributed by atoms with van der Waals surface area (Å²) >= 11 is 1.67. The van der Waals surface area contributed by atoms with Crippen molar-refractivity contribution in [2.45, 2.75) is 0 Å². The standard InChI is InChI=1S/C15H10N.C13H8NS.3C13H8N.C11H8N.3Ir/c1-2-7-13(8-3-1)15-14-9-5-4-6-12(14)10-11-16-15;1-2-5-11-10(4-1)7-8-14-13(11)12-6-3-9-15-12;3*1-2-6-12-10(4-1)7-8-11-5-3-9-14-13(11)12;1-2-6-10(7-3-1)11-8-4-5-9-12-11;;;/h1-7,9-11H;1-5,7-9H;3*1-5,7-9H;1-6,8-9H;;;/q6*-1;;;+3. The minimum atomic E-state index is 0. The molecule has 0 N–H and O–H groups in total. The number of nitrogens with zero attached hydrogens (tertiary/aromatic N) is 6. The van der Waals surface area contributed by atoms with Gasteiger partial charge in [-0.15, -0.1) is 182 Å². The minimum absolute atomic E-state index is 0. The molecule has 0 aliphatic heterocycles. The Balaban J connectivity index is 0.000000125. The van der Waals surface area contributed by atoms with E-state index in [1.54, 1.807) is 17.5 Å². The van der Waals surface area contributed by atoms with Gasteiger partial charge >= 0.3 is 20.1 Å². The topological polar surface area (TPSA) is 77.3 Å². The van der Waals surface area contributed by atoms with Crippen LogP contribution in [0.5, 0.6) is 0 Å². The van der Waals surface area contributed by atoms with E-state index >= 15 is 0 Å². The zero-order chi connectivity index (χ0) is 57.2. The van der Waals surface area contributed by atoms with Crippen molar-refractivity contribution in [3.05, 3.63) is 340 Å². The maximum atomic E-state index is 4.45. The van der Waals surface area contributed by atoms with Crippen LogP contribution in [0.15, 0.2) is 303 Å².